The molecule has 27 heavy (non-hydrogen) atoms. The third kappa shape index (κ3) is 4.10. The van der Waals surface area contributed by atoms with Gasteiger partial charge in [-0.05, 0) is 11.1 Å². The minimum absolute atomic E-state index is 0.206. The molecule has 0 unspecified atom stereocenters. The van der Waals surface area contributed by atoms with Crippen LogP contribution in [0.25, 0.3) is 0 Å². The summed E-state index contributed by atoms with van der Waals surface area (Å²) in [6.07, 6.45) is -18.2. The lowest BCUT2D eigenvalue weighted by molar-refractivity contribution is -0.355. The summed E-state index contributed by atoms with van der Waals surface area (Å²) in [7, 11) is 0. The summed E-state index contributed by atoms with van der Waals surface area (Å²) in [4.78, 5) is 1.70. The molecule has 0 amide bonds. The number of aromatic amines is 1. The molecule has 0 atom stereocenters. The average Bonchev–Trinajstić information content (AvgIpc) is 2.81. The molecule has 0 radical (unpaired) electrons. The summed E-state index contributed by atoms with van der Waals surface area (Å²) >= 11 is 0. The maximum Gasteiger partial charge on any atom is 0.459 e. The van der Waals surface area contributed by atoms with Crippen molar-refractivity contribution in [1.29, 1.82) is 0 Å². The molecule has 0 aliphatic carbocycles. The lowest BCUT2D eigenvalue weighted by Gasteiger charge is -2.29. The number of alkyl halides is 14. The topological polar surface area (TPSA) is 15.8 Å². The lowest BCUT2D eigenvalue weighted by Crippen LogP contribution is -2.53. The highest BCUT2D eigenvalue weighted by Gasteiger charge is 2.74. The van der Waals surface area contributed by atoms with Gasteiger partial charge in [0, 0.05) is 25.2 Å². The van der Waals surface area contributed by atoms with Crippen molar-refractivity contribution in [2.75, 3.05) is 0 Å². The Labute approximate surface area is 140 Å². The Hall–Kier alpha value is -1.70. The number of rotatable bonds is 6. The zero-order valence-corrected chi connectivity index (χ0v) is 12.4. The minimum Gasteiger partial charge on any atom is -0.367 e. The molecular weight excluding hydrogens is 424 g/mol. The van der Waals surface area contributed by atoms with Crippen LogP contribution in [-0.2, 0) is 12.8 Å². The number of halogens is 14. The van der Waals surface area contributed by atoms with Gasteiger partial charge in [0.25, 0.3) is 0 Å². The van der Waals surface area contributed by atoms with Crippen LogP contribution in [0.15, 0.2) is 12.4 Å². The van der Waals surface area contributed by atoms with E-state index in [1.165, 1.54) is 0 Å². The molecule has 0 saturated heterocycles. The number of hydrogen-bond acceptors (Lipinski definition) is 0. The van der Waals surface area contributed by atoms with E-state index < -0.39 is 60.0 Å². The highest BCUT2D eigenvalue weighted by molar-refractivity contribution is 5.27. The van der Waals surface area contributed by atoms with Gasteiger partial charge in [-0.3, -0.25) is 0 Å². The average molecular weight is 431 g/mol. The van der Waals surface area contributed by atoms with Crippen LogP contribution < -0.4 is 0 Å². The molecule has 1 nitrogen and oxygen atoms in total. The van der Waals surface area contributed by atoms with Crippen molar-refractivity contribution in [1.82, 2.24) is 4.98 Å². The van der Waals surface area contributed by atoms with Gasteiger partial charge in [-0.1, -0.05) is 0 Å². The summed E-state index contributed by atoms with van der Waals surface area (Å²) in [5, 5.41) is 0. The second-order valence-electron chi connectivity index (χ2n) is 5.41. The molecule has 0 aromatic carbocycles. The number of H-pyrrole nitrogens is 1. The van der Waals surface area contributed by atoms with E-state index in [4.69, 9.17) is 0 Å². The third-order valence-electron chi connectivity index (χ3n) is 3.38. The van der Waals surface area contributed by atoms with Gasteiger partial charge in [-0.15, -0.1) is 0 Å². The zero-order chi connectivity index (χ0) is 21.7. The van der Waals surface area contributed by atoms with E-state index in [-0.39, 0.29) is 12.4 Å². The van der Waals surface area contributed by atoms with Gasteiger partial charge in [0.2, 0.25) is 0 Å². The first-order valence-corrected chi connectivity index (χ1v) is 6.46. The van der Waals surface area contributed by atoms with E-state index in [0.717, 1.165) is 0 Å². The van der Waals surface area contributed by atoms with Gasteiger partial charge in [0.05, 0.1) is 0 Å². The molecule has 1 heterocycles. The van der Waals surface area contributed by atoms with Crippen LogP contribution in [-0.4, -0.2) is 41.0 Å². The predicted octanol–water partition coefficient (Wildman–Crippen LogP) is 5.77. The maximum atomic E-state index is 13.3. The molecule has 1 N–H and O–H groups in total. The molecule has 158 valence electrons. The minimum atomic E-state index is -6.74. The smallest absolute Gasteiger partial charge is 0.367 e. The van der Waals surface area contributed by atoms with Crippen molar-refractivity contribution in [2.24, 2.45) is 0 Å². The number of hydrogen-bond donors (Lipinski definition) is 1. The fraction of sp³-hybridized carbons (Fsp3) is 0.667. The van der Waals surface area contributed by atoms with Gasteiger partial charge < -0.3 is 4.98 Å². The zero-order valence-electron chi connectivity index (χ0n) is 12.4. The first kappa shape index (κ1) is 23.3. The van der Waals surface area contributed by atoms with Crippen molar-refractivity contribution in [3.63, 3.8) is 0 Å². The second-order valence-corrected chi connectivity index (χ2v) is 5.41. The first-order valence-electron chi connectivity index (χ1n) is 6.46. The molecule has 0 bridgehead atoms. The highest BCUT2D eigenvalue weighted by atomic mass is 19.4. The Morgan fingerprint density at radius 2 is 0.778 bits per heavy atom. The molecule has 15 heteroatoms. The Balaban J connectivity index is 3.18. The van der Waals surface area contributed by atoms with Crippen molar-refractivity contribution < 1.29 is 61.5 Å². The van der Waals surface area contributed by atoms with E-state index in [9.17, 15) is 61.5 Å². The Bertz CT molecular complexity index is 595. The fourth-order valence-electron chi connectivity index (χ4n) is 1.87. The van der Waals surface area contributed by atoms with E-state index >= 15 is 0 Å². The summed E-state index contributed by atoms with van der Waals surface area (Å²) in [6.45, 7) is 0. The summed E-state index contributed by atoms with van der Waals surface area (Å²) in [5.41, 5.74) is -2.83. The second kappa shape index (κ2) is 6.43. The molecule has 0 aliphatic heterocycles. The lowest BCUT2D eigenvalue weighted by atomic mass is 9.96. The van der Waals surface area contributed by atoms with Crippen LogP contribution in [0.4, 0.5) is 61.5 Å². The summed E-state index contributed by atoms with van der Waals surface area (Å²) < 4.78 is 177. The molecule has 0 spiro atoms. The van der Waals surface area contributed by atoms with Crippen LogP contribution >= 0.6 is 0 Å². The van der Waals surface area contributed by atoms with Gasteiger partial charge in [-0.2, -0.15) is 61.5 Å². The van der Waals surface area contributed by atoms with Crippen LogP contribution in [0.1, 0.15) is 11.1 Å². The maximum absolute atomic E-state index is 13.3. The van der Waals surface area contributed by atoms with E-state index in [1.807, 2.05) is 0 Å². The van der Waals surface area contributed by atoms with Crippen molar-refractivity contribution in [2.45, 2.75) is 48.9 Å². The van der Waals surface area contributed by atoms with Crippen molar-refractivity contribution >= 4 is 0 Å². The molecule has 0 fully saturated rings. The predicted molar refractivity (Wildman–Crippen MR) is 60.1 cm³/mol. The first-order chi connectivity index (χ1) is 11.7. The van der Waals surface area contributed by atoms with Crippen molar-refractivity contribution in [3.05, 3.63) is 23.5 Å². The summed E-state index contributed by atoms with van der Waals surface area (Å²) in [6, 6.07) is 0. The largest absolute Gasteiger partial charge is 0.459 e. The van der Waals surface area contributed by atoms with Gasteiger partial charge in [0.15, 0.2) is 0 Å². The van der Waals surface area contributed by atoms with Crippen LogP contribution in [0, 0.1) is 0 Å². The Kier molecular flexibility index (Phi) is 5.56. The van der Waals surface area contributed by atoms with E-state index in [0.29, 0.717) is 0 Å². The standard InChI is InChI=1S/C12H7F14N/c13-7(14,9(17,18)11(21,22)23)1-5-3-27-4-6(5)2-8(15,16)10(19,20)12(24,25)26/h3-4,27H,1-2H2. The SMILES string of the molecule is FC(F)(F)C(F)(F)C(F)(F)Cc1c[nH]cc1CC(F)(F)C(F)(F)C(F)(F)F. The van der Waals surface area contributed by atoms with Gasteiger partial charge in [-0.25, -0.2) is 0 Å². The van der Waals surface area contributed by atoms with E-state index in [1.54, 1.807) is 4.98 Å². The molecule has 0 aliphatic rings. The third-order valence-corrected chi connectivity index (χ3v) is 3.38. The molecule has 1 rings (SSSR count). The highest BCUT2D eigenvalue weighted by Crippen LogP contribution is 2.50. The molecule has 1 aromatic heterocycles. The van der Waals surface area contributed by atoms with Gasteiger partial charge >= 0.3 is 36.0 Å². The normalized spacial score (nSPS) is 15.3. The Morgan fingerprint density at radius 1 is 0.519 bits per heavy atom. The molecule has 1 aromatic rings. The Morgan fingerprint density at radius 3 is 1.00 bits per heavy atom. The van der Waals surface area contributed by atoms with Gasteiger partial charge in [0.1, 0.15) is 0 Å². The van der Waals surface area contributed by atoms with Crippen LogP contribution in [0.2, 0.25) is 0 Å². The number of aromatic nitrogens is 1. The fourth-order valence-corrected chi connectivity index (χ4v) is 1.87. The molecule has 0 saturated carbocycles. The van der Waals surface area contributed by atoms with Crippen LogP contribution in [0.5, 0.6) is 0 Å². The summed E-state index contributed by atoms with van der Waals surface area (Å²) in [5.74, 6) is -25.0. The van der Waals surface area contributed by atoms with Crippen LogP contribution in [0.3, 0.4) is 0 Å². The van der Waals surface area contributed by atoms with E-state index in [2.05, 4.69) is 0 Å². The quantitative estimate of drug-likeness (QED) is 0.551. The van der Waals surface area contributed by atoms with Crippen molar-refractivity contribution in [3.8, 4) is 0 Å². The monoisotopic (exact) mass is 431 g/mol. The number of nitrogens with one attached hydrogen (secondary N) is 1. The molecular formula is C12H7F14N.